The molecule has 0 aliphatic carbocycles. The van der Waals surface area contributed by atoms with Gasteiger partial charge >= 0.3 is 6.03 Å². The SMILES string of the molecule is CN(C)c1cccc(NC(=O)NC2N=C(c3ccncn3)c3ccccc3N(CC(=O)C(=O)CC(C)(C)C)C2=O)c1. The number of Topliss-reactive ketones (excluding diaryl/α,β-unsaturated/α-hetero) is 2. The van der Waals surface area contributed by atoms with Crippen molar-refractivity contribution in [2.45, 2.75) is 33.4 Å². The van der Waals surface area contributed by atoms with Gasteiger partial charge in [0, 0.05) is 43.7 Å². The minimum absolute atomic E-state index is 0.0360. The molecule has 11 nitrogen and oxygen atoms in total. The second-order valence-corrected chi connectivity index (χ2v) is 11.0. The molecule has 1 atom stereocenters. The third-order valence-electron chi connectivity index (χ3n) is 6.22. The summed E-state index contributed by atoms with van der Waals surface area (Å²) in [6, 6.07) is 15.1. The maximum Gasteiger partial charge on any atom is 0.321 e. The fourth-order valence-corrected chi connectivity index (χ4v) is 4.29. The fourth-order valence-electron chi connectivity index (χ4n) is 4.29. The minimum atomic E-state index is -1.42. The molecule has 41 heavy (non-hydrogen) atoms. The molecule has 4 rings (SSSR count). The van der Waals surface area contributed by atoms with Crippen molar-refractivity contribution in [2.75, 3.05) is 35.8 Å². The summed E-state index contributed by atoms with van der Waals surface area (Å²) in [6.07, 6.45) is 1.51. The lowest BCUT2D eigenvalue weighted by atomic mass is 9.89. The largest absolute Gasteiger partial charge is 0.378 e. The molecule has 1 aliphatic heterocycles. The second kappa shape index (κ2) is 12.1. The van der Waals surface area contributed by atoms with Crippen LogP contribution in [0.3, 0.4) is 0 Å². The monoisotopic (exact) mass is 555 g/mol. The van der Waals surface area contributed by atoms with Crippen molar-refractivity contribution in [1.82, 2.24) is 15.3 Å². The number of fused-ring (bicyclic) bond motifs is 1. The van der Waals surface area contributed by atoms with Gasteiger partial charge in [0.1, 0.15) is 6.33 Å². The smallest absolute Gasteiger partial charge is 0.321 e. The van der Waals surface area contributed by atoms with Crippen LogP contribution in [0.25, 0.3) is 0 Å². The number of ketones is 2. The van der Waals surface area contributed by atoms with Crippen LogP contribution < -0.4 is 20.4 Å². The van der Waals surface area contributed by atoms with Gasteiger partial charge in [0.2, 0.25) is 17.7 Å². The van der Waals surface area contributed by atoms with Crippen LogP contribution in [-0.2, 0) is 14.4 Å². The number of aliphatic imine (C=N–C) groups is 1. The van der Waals surface area contributed by atoms with Crippen molar-refractivity contribution in [2.24, 2.45) is 10.4 Å². The highest BCUT2D eigenvalue weighted by Crippen LogP contribution is 2.28. The Bertz CT molecular complexity index is 1500. The van der Waals surface area contributed by atoms with Crippen LogP contribution in [0.4, 0.5) is 21.9 Å². The highest BCUT2D eigenvalue weighted by atomic mass is 16.2. The van der Waals surface area contributed by atoms with E-state index in [9.17, 15) is 19.2 Å². The third kappa shape index (κ3) is 7.18. The number of aromatic nitrogens is 2. The number of amides is 3. The van der Waals surface area contributed by atoms with Crippen LogP contribution >= 0.6 is 0 Å². The Balaban J connectivity index is 1.71. The Morgan fingerprint density at radius 2 is 1.76 bits per heavy atom. The number of nitrogens with one attached hydrogen (secondary N) is 2. The first kappa shape index (κ1) is 29.1. The minimum Gasteiger partial charge on any atom is -0.378 e. The van der Waals surface area contributed by atoms with Crippen molar-refractivity contribution in [3.05, 3.63) is 78.4 Å². The molecule has 0 bridgehead atoms. The molecule has 2 aromatic carbocycles. The van der Waals surface area contributed by atoms with Gasteiger partial charge in [-0.15, -0.1) is 0 Å². The molecule has 0 saturated carbocycles. The van der Waals surface area contributed by atoms with Gasteiger partial charge in [0.05, 0.1) is 23.6 Å². The van der Waals surface area contributed by atoms with Crippen molar-refractivity contribution in [3.63, 3.8) is 0 Å². The molecule has 212 valence electrons. The Labute approximate surface area is 238 Å². The molecular formula is C30H33N7O4. The number of hydrogen-bond donors (Lipinski definition) is 2. The van der Waals surface area contributed by atoms with Gasteiger partial charge in [-0.05, 0) is 35.7 Å². The molecule has 3 amide bonds. The maximum absolute atomic E-state index is 13.9. The Hall–Kier alpha value is -4.93. The number of para-hydroxylation sites is 1. The van der Waals surface area contributed by atoms with E-state index < -0.39 is 41.6 Å². The highest BCUT2D eigenvalue weighted by molar-refractivity contribution is 6.39. The van der Waals surface area contributed by atoms with Gasteiger partial charge < -0.3 is 20.4 Å². The van der Waals surface area contributed by atoms with Crippen molar-refractivity contribution in [3.8, 4) is 0 Å². The zero-order valence-corrected chi connectivity index (χ0v) is 23.7. The Kier molecular flexibility index (Phi) is 8.56. The molecule has 2 N–H and O–H groups in total. The van der Waals surface area contributed by atoms with E-state index in [1.807, 2.05) is 45.8 Å². The van der Waals surface area contributed by atoms with E-state index in [1.165, 1.54) is 11.2 Å². The van der Waals surface area contributed by atoms with Crippen molar-refractivity contribution < 1.29 is 19.2 Å². The predicted molar refractivity (Wildman–Crippen MR) is 157 cm³/mol. The van der Waals surface area contributed by atoms with Crippen LogP contribution in [-0.4, -0.2) is 66.0 Å². The molecule has 11 heteroatoms. The summed E-state index contributed by atoms with van der Waals surface area (Å²) in [5.41, 5.74) is 2.61. The lowest BCUT2D eigenvalue weighted by Crippen LogP contribution is -2.50. The Morgan fingerprint density at radius 3 is 2.44 bits per heavy atom. The van der Waals surface area contributed by atoms with E-state index in [4.69, 9.17) is 0 Å². The second-order valence-electron chi connectivity index (χ2n) is 11.0. The number of carbonyl (C=O) groups excluding carboxylic acids is 4. The zero-order valence-electron chi connectivity index (χ0n) is 23.7. The summed E-state index contributed by atoms with van der Waals surface area (Å²) in [7, 11) is 3.76. The van der Waals surface area contributed by atoms with Crippen LogP contribution in [0.15, 0.2) is 72.1 Å². The number of nitrogens with zero attached hydrogens (tertiary/aromatic N) is 5. The Morgan fingerprint density at radius 1 is 1.00 bits per heavy atom. The van der Waals surface area contributed by atoms with E-state index in [-0.39, 0.29) is 6.42 Å². The summed E-state index contributed by atoms with van der Waals surface area (Å²) >= 11 is 0. The van der Waals surface area contributed by atoms with Gasteiger partial charge in [-0.3, -0.25) is 14.4 Å². The topological polar surface area (TPSA) is 137 Å². The fraction of sp³-hybridized carbons (Fsp3) is 0.300. The molecule has 0 radical (unpaired) electrons. The number of benzene rings is 2. The number of hydrogen-bond acceptors (Lipinski definition) is 8. The summed E-state index contributed by atoms with van der Waals surface area (Å²) in [4.78, 5) is 68.8. The van der Waals surface area contributed by atoms with Crippen LogP contribution in [0.2, 0.25) is 0 Å². The van der Waals surface area contributed by atoms with E-state index in [0.29, 0.717) is 28.3 Å². The molecule has 3 aromatic rings. The quantitative estimate of drug-likeness (QED) is 0.406. The number of anilines is 3. The van der Waals surface area contributed by atoms with Gasteiger partial charge in [-0.1, -0.05) is 45.0 Å². The summed E-state index contributed by atoms with van der Waals surface area (Å²) in [5.74, 6) is -1.96. The molecule has 0 spiro atoms. The number of carbonyl (C=O) groups is 4. The predicted octanol–water partition coefficient (Wildman–Crippen LogP) is 3.45. The summed E-state index contributed by atoms with van der Waals surface area (Å²) < 4.78 is 0. The first-order valence-corrected chi connectivity index (χ1v) is 13.1. The number of urea groups is 1. The summed E-state index contributed by atoms with van der Waals surface area (Å²) in [5, 5.41) is 5.37. The van der Waals surface area contributed by atoms with Crippen molar-refractivity contribution >= 4 is 46.3 Å². The maximum atomic E-state index is 13.9. The lowest BCUT2D eigenvalue weighted by molar-refractivity contribution is -0.137. The number of rotatable bonds is 8. The van der Waals surface area contributed by atoms with E-state index >= 15 is 0 Å². The van der Waals surface area contributed by atoms with Gasteiger partial charge in [0.25, 0.3) is 5.91 Å². The molecule has 0 fully saturated rings. The third-order valence-corrected chi connectivity index (χ3v) is 6.22. The van der Waals surface area contributed by atoms with Gasteiger partial charge in [-0.2, -0.15) is 0 Å². The zero-order chi connectivity index (χ0) is 29.7. The van der Waals surface area contributed by atoms with Crippen LogP contribution in [0.1, 0.15) is 38.4 Å². The highest BCUT2D eigenvalue weighted by Gasteiger charge is 2.35. The number of benzodiazepines with no additional fused rings is 1. The molecule has 1 aliphatic rings. The lowest BCUT2D eigenvalue weighted by Gasteiger charge is -2.25. The summed E-state index contributed by atoms with van der Waals surface area (Å²) in [6.45, 7) is 5.08. The van der Waals surface area contributed by atoms with E-state index in [2.05, 4.69) is 25.6 Å². The molecule has 1 aromatic heterocycles. The van der Waals surface area contributed by atoms with Gasteiger partial charge in [-0.25, -0.2) is 19.8 Å². The van der Waals surface area contributed by atoms with Crippen LogP contribution in [0, 0.1) is 5.41 Å². The van der Waals surface area contributed by atoms with Gasteiger partial charge in [0.15, 0.2) is 0 Å². The molecule has 2 heterocycles. The average molecular weight is 556 g/mol. The standard InChI is InChI=1S/C30H33N7O4/c1-30(2,3)16-24(38)25(39)17-37-23-12-7-6-11-21(23)26(22-13-14-31-18-32-22)34-27(28(37)40)35-29(41)33-19-9-8-10-20(15-19)36(4)5/h6-15,18,27H,16-17H2,1-5H3,(H2,33,35,41). The normalized spacial score (nSPS) is 14.9. The first-order valence-electron chi connectivity index (χ1n) is 13.1. The molecular weight excluding hydrogens is 522 g/mol. The molecule has 0 saturated heterocycles. The van der Waals surface area contributed by atoms with E-state index in [0.717, 1.165) is 5.69 Å². The average Bonchev–Trinajstić information content (AvgIpc) is 3.03. The van der Waals surface area contributed by atoms with E-state index in [1.54, 1.807) is 54.7 Å². The molecule has 1 unspecified atom stereocenters. The van der Waals surface area contributed by atoms with Crippen molar-refractivity contribution in [1.29, 1.82) is 0 Å². The first-order chi connectivity index (χ1) is 19.4. The van der Waals surface area contributed by atoms with Crippen LogP contribution in [0.5, 0.6) is 0 Å².